The maximum atomic E-state index is 14.4. The fraction of sp³-hybridized carbons (Fsp3) is 0.638. The molecule has 5 amide bonds. The SMILES string of the molecule is CC[C@H](C)[C@@H](C(CC(=O)N1CCC[C@H]1C(OC)C(C)C(=O)NC(CNC(=O)c1ccc(N)cc1)Cc1ccccc1)OC)N(C)C(=O)[C@@H](NC(=O)[C@H](C(C)C)N(C)C)C(C)C. The number of benzene rings is 2. The van der Waals surface area contributed by atoms with E-state index in [1.54, 1.807) is 62.3 Å². The molecule has 1 saturated heterocycles. The predicted molar refractivity (Wildman–Crippen MR) is 240 cm³/mol. The summed E-state index contributed by atoms with van der Waals surface area (Å²) in [4.78, 5) is 74.6. The lowest BCUT2D eigenvalue weighted by atomic mass is 9.89. The highest BCUT2D eigenvalue weighted by Gasteiger charge is 2.43. The number of rotatable bonds is 23. The second-order valence-electron chi connectivity index (χ2n) is 17.7. The van der Waals surface area contributed by atoms with Gasteiger partial charge in [-0.15, -0.1) is 0 Å². The Kier molecular flexibility index (Phi) is 20.2. The lowest BCUT2D eigenvalue weighted by Gasteiger charge is -2.41. The van der Waals surface area contributed by atoms with Crippen LogP contribution in [-0.4, -0.2) is 135 Å². The minimum Gasteiger partial charge on any atom is -0.399 e. The van der Waals surface area contributed by atoms with Crippen molar-refractivity contribution < 1.29 is 33.4 Å². The molecule has 1 fully saturated rings. The zero-order chi connectivity index (χ0) is 45.6. The van der Waals surface area contributed by atoms with E-state index in [-0.39, 0.29) is 66.3 Å². The first-order valence-electron chi connectivity index (χ1n) is 21.9. The van der Waals surface area contributed by atoms with Gasteiger partial charge in [-0.05, 0) is 80.9 Å². The third-order valence-corrected chi connectivity index (χ3v) is 12.3. The van der Waals surface area contributed by atoms with Crippen molar-refractivity contribution >= 4 is 35.2 Å². The first-order chi connectivity index (χ1) is 28.9. The van der Waals surface area contributed by atoms with Crippen LogP contribution in [0, 0.1) is 23.7 Å². The molecule has 14 heteroatoms. The number of likely N-dealkylation sites (N-methyl/N-ethyl adjacent to an activating group) is 2. The molecule has 1 aliphatic heterocycles. The summed E-state index contributed by atoms with van der Waals surface area (Å²) in [5.74, 6) is -1.95. The monoisotopic (exact) mass is 850 g/mol. The molecule has 340 valence electrons. The largest absolute Gasteiger partial charge is 0.399 e. The van der Waals surface area contributed by atoms with Crippen molar-refractivity contribution in [2.75, 3.05) is 54.2 Å². The summed E-state index contributed by atoms with van der Waals surface area (Å²) in [5.41, 5.74) is 7.83. The molecule has 0 aromatic heterocycles. The van der Waals surface area contributed by atoms with Crippen LogP contribution in [0.4, 0.5) is 5.69 Å². The van der Waals surface area contributed by atoms with Gasteiger partial charge < -0.3 is 41.0 Å². The van der Waals surface area contributed by atoms with E-state index in [2.05, 4.69) is 16.0 Å². The van der Waals surface area contributed by atoms with Crippen LogP contribution < -0.4 is 21.7 Å². The number of ether oxygens (including phenoxy) is 2. The summed E-state index contributed by atoms with van der Waals surface area (Å²) in [7, 11) is 8.57. The number of amides is 5. The van der Waals surface area contributed by atoms with E-state index in [1.165, 1.54) is 0 Å². The zero-order valence-electron chi connectivity index (χ0n) is 38.8. The molecule has 0 bridgehead atoms. The Labute approximate surface area is 365 Å². The topological polar surface area (TPSA) is 176 Å². The second-order valence-corrected chi connectivity index (χ2v) is 17.7. The Hall–Kier alpha value is -4.53. The molecule has 1 heterocycles. The second kappa shape index (κ2) is 24.2. The van der Waals surface area contributed by atoms with E-state index >= 15 is 0 Å². The molecule has 14 nitrogen and oxygen atoms in total. The molecule has 0 spiro atoms. The maximum Gasteiger partial charge on any atom is 0.251 e. The van der Waals surface area contributed by atoms with Gasteiger partial charge >= 0.3 is 0 Å². The summed E-state index contributed by atoms with van der Waals surface area (Å²) >= 11 is 0. The quantitative estimate of drug-likeness (QED) is 0.118. The molecule has 61 heavy (non-hydrogen) atoms. The number of nitrogens with zero attached hydrogens (tertiary/aromatic N) is 3. The molecule has 5 N–H and O–H groups in total. The number of carbonyl (C=O) groups excluding carboxylic acids is 5. The Balaban J connectivity index is 1.78. The van der Waals surface area contributed by atoms with Crippen LogP contribution in [0.5, 0.6) is 0 Å². The molecule has 0 aliphatic carbocycles. The van der Waals surface area contributed by atoms with Crippen LogP contribution in [0.25, 0.3) is 0 Å². The van der Waals surface area contributed by atoms with E-state index in [0.717, 1.165) is 18.4 Å². The number of likely N-dealkylation sites (tertiary alicyclic amines) is 1. The molecule has 9 atom stereocenters. The number of carbonyl (C=O) groups is 5. The van der Waals surface area contributed by atoms with E-state index < -0.39 is 42.3 Å². The Morgan fingerprint density at radius 1 is 0.852 bits per heavy atom. The average Bonchev–Trinajstić information content (AvgIpc) is 3.71. The van der Waals surface area contributed by atoms with E-state index in [0.29, 0.717) is 30.6 Å². The summed E-state index contributed by atoms with van der Waals surface area (Å²) < 4.78 is 12.1. The molecule has 0 saturated carbocycles. The summed E-state index contributed by atoms with van der Waals surface area (Å²) in [6, 6.07) is 14.0. The summed E-state index contributed by atoms with van der Waals surface area (Å²) in [6.45, 7) is 14.4. The Bertz CT molecular complexity index is 1700. The third-order valence-electron chi connectivity index (χ3n) is 12.3. The van der Waals surface area contributed by atoms with Crippen LogP contribution in [-0.2, 0) is 35.1 Å². The van der Waals surface area contributed by atoms with Crippen molar-refractivity contribution in [2.45, 2.75) is 123 Å². The molecule has 2 aromatic rings. The van der Waals surface area contributed by atoms with Gasteiger partial charge in [0.25, 0.3) is 5.91 Å². The fourth-order valence-corrected chi connectivity index (χ4v) is 8.77. The highest BCUT2D eigenvalue weighted by molar-refractivity contribution is 5.94. The number of anilines is 1. The summed E-state index contributed by atoms with van der Waals surface area (Å²) in [6.07, 6.45) is 1.36. The molecular weight excluding hydrogens is 775 g/mol. The standard InChI is InChI=1S/C47H75N7O7/c1-13-31(6)42(53(10)47(59)40(29(2)3)51-46(58)41(30(4)5)52(8)9)38(60-11)27-39(55)54-25-17-20-37(54)43(61-12)32(7)44(56)50-36(26-33-18-15-14-16-19-33)28-49-45(57)34-21-23-35(48)24-22-34/h14-16,18-19,21-24,29-32,36-38,40-43H,13,17,20,25-28,48H2,1-12H3,(H,49,57)(H,50,56)(H,51,58)/t31-,32?,36?,37-,38?,40-,41-,42-,43?/m0/s1. The van der Waals surface area contributed by atoms with Crippen LogP contribution in [0.3, 0.4) is 0 Å². The molecule has 1 aliphatic rings. The highest BCUT2D eigenvalue weighted by Crippen LogP contribution is 2.30. The normalized spacial score (nSPS) is 18.1. The van der Waals surface area contributed by atoms with Gasteiger partial charge in [0.2, 0.25) is 23.6 Å². The highest BCUT2D eigenvalue weighted by atomic mass is 16.5. The average molecular weight is 850 g/mol. The van der Waals surface area contributed by atoms with E-state index in [1.807, 2.05) is 90.9 Å². The van der Waals surface area contributed by atoms with Crippen LogP contribution in [0.2, 0.25) is 0 Å². The Morgan fingerprint density at radius 3 is 2.03 bits per heavy atom. The molecule has 2 aromatic carbocycles. The van der Waals surface area contributed by atoms with Gasteiger partial charge in [0.05, 0.1) is 48.7 Å². The van der Waals surface area contributed by atoms with Crippen LogP contribution in [0.15, 0.2) is 54.6 Å². The van der Waals surface area contributed by atoms with Gasteiger partial charge in [0.15, 0.2) is 0 Å². The van der Waals surface area contributed by atoms with Gasteiger partial charge in [0, 0.05) is 45.6 Å². The van der Waals surface area contributed by atoms with Gasteiger partial charge in [0.1, 0.15) is 6.04 Å². The lowest BCUT2D eigenvalue weighted by Crippen LogP contribution is -2.59. The van der Waals surface area contributed by atoms with Crippen molar-refractivity contribution in [3.63, 3.8) is 0 Å². The van der Waals surface area contributed by atoms with Gasteiger partial charge in [-0.1, -0.05) is 85.2 Å². The van der Waals surface area contributed by atoms with Gasteiger partial charge in [-0.3, -0.25) is 28.9 Å². The summed E-state index contributed by atoms with van der Waals surface area (Å²) in [5, 5.41) is 9.17. The number of hydrogen-bond acceptors (Lipinski definition) is 9. The molecule has 3 rings (SSSR count). The lowest BCUT2D eigenvalue weighted by molar-refractivity contribution is -0.148. The molecule has 0 radical (unpaired) electrons. The predicted octanol–water partition coefficient (Wildman–Crippen LogP) is 4.37. The van der Waals surface area contributed by atoms with Crippen LogP contribution >= 0.6 is 0 Å². The Morgan fingerprint density at radius 2 is 1.49 bits per heavy atom. The van der Waals surface area contributed by atoms with Crippen LogP contribution in [0.1, 0.15) is 90.1 Å². The number of nitrogen functional groups attached to an aromatic ring is 1. The fourth-order valence-electron chi connectivity index (χ4n) is 8.77. The van der Waals surface area contributed by atoms with Gasteiger partial charge in [-0.2, -0.15) is 0 Å². The number of nitrogens with two attached hydrogens (primary N) is 1. The third kappa shape index (κ3) is 14.0. The van der Waals surface area contributed by atoms with E-state index in [4.69, 9.17) is 15.2 Å². The van der Waals surface area contributed by atoms with E-state index in [9.17, 15) is 24.0 Å². The smallest absolute Gasteiger partial charge is 0.251 e. The maximum absolute atomic E-state index is 14.4. The number of nitrogens with one attached hydrogen (secondary N) is 3. The van der Waals surface area contributed by atoms with Crippen molar-refractivity contribution in [2.24, 2.45) is 23.7 Å². The molecular formula is C47H75N7O7. The minimum atomic E-state index is -0.774. The zero-order valence-corrected chi connectivity index (χ0v) is 38.8. The van der Waals surface area contributed by atoms with Crippen molar-refractivity contribution in [1.82, 2.24) is 30.7 Å². The first kappa shape index (κ1) is 50.8. The minimum absolute atomic E-state index is 0.0122. The number of methoxy groups -OCH3 is 2. The number of hydrogen-bond donors (Lipinski definition) is 4. The van der Waals surface area contributed by atoms with Crippen molar-refractivity contribution in [1.29, 1.82) is 0 Å². The van der Waals surface area contributed by atoms with Crippen molar-refractivity contribution in [3.8, 4) is 0 Å². The van der Waals surface area contributed by atoms with Crippen molar-refractivity contribution in [3.05, 3.63) is 65.7 Å². The van der Waals surface area contributed by atoms with Gasteiger partial charge in [-0.25, -0.2) is 0 Å². The first-order valence-corrected chi connectivity index (χ1v) is 21.9. The molecule has 4 unspecified atom stereocenters.